The van der Waals surface area contributed by atoms with Crippen LogP contribution in [0.3, 0.4) is 0 Å². The van der Waals surface area contributed by atoms with Gasteiger partial charge in [0.25, 0.3) is 0 Å². The van der Waals surface area contributed by atoms with Crippen molar-refractivity contribution < 1.29 is 4.39 Å². The van der Waals surface area contributed by atoms with Gasteiger partial charge < -0.3 is 0 Å². The molecule has 0 fully saturated rings. The van der Waals surface area contributed by atoms with E-state index >= 15 is 0 Å². The van der Waals surface area contributed by atoms with E-state index in [1.165, 1.54) is 17.4 Å². The highest BCUT2D eigenvalue weighted by molar-refractivity contribution is 9.11. The van der Waals surface area contributed by atoms with Gasteiger partial charge in [-0.3, -0.25) is 0 Å². The lowest BCUT2D eigenvalue weighted by atomic mass is 10.1. The summed E-state index contributed by atoms with van der Waals surface area (Å²) in [7, 11) is 0. The first kappa shape index (κ1) is 13.5. The molecule has 0 amide bonds. The average Bonchev–Trinajstić information content (AvgIpc) is 2.59. The second-order valence-electron chi connectivity index (χ2n) is 3.60. The highest BCUT2D eigenvalue weighted by Crippen LogP contribution is 2.42. The van der Waals surface area contributed by atoms with E-state index in [9.17, 15) is 4.39 Å². The fraction of sp³-hybridized carbons (Fsp3) is 0.167. The fourth-order valence-electron chi connectivity index (χ4n) is 1.50. The normalized spacial score (nSPS) is 12.8. The van der Waals surface area contributed by atoms with Crippen molar-refractivity contribution in [2.24, 2.45) is 0 Å². The highest BCUT2D eigenvalue weighted by Gasteiger charge is 2.20. The van der Waals surface area contributed by atoms with Gasteiger partial charge in [0.15, 0.2) is 0 Å². The fourth-order valence-corrected chi connectivity index (χ4v) is 4.47. The first-order chi connectivity index (χ1) is 8.00. The van der Waals surface area contributed by atoms with Crippen LogP contribution in [0.1, 0.15) is 20.8 Å². The van der Waals surface area contributed by atoms with Crippen molar-refractivity contribution in [1.82, 2.24) is 0 Å². The van der Waals surface area contributed by atoms with E-state index in [4.69, 9.17) is 11.6 Å². The summed E-state index contributed by atoms with van der Waals surface area (Å²) in [6.45, 7) is 1.94. The Kier molecular flexibility index (Phi) is 4.29. The van der Waals surface area contributed by atoms with Gasteiger partial charge >= 0.3 is 0 Å². The van der Waals surface area contributed by atoms with Gasteiger partial charge in [0.05, 0.1) is 9.16 Å². The number of aryl methyl sites for hydroxylation is 1. The molecule has 0 saturated carbocycles. The monoisotopic (exact) mass is 396 g/mol. The van der Waals surface area contributed by atoms with Crippen LogP contribution in [-0.4, -0.2) is 0 Å². The predicted molar refractivity (Wildman–Crippen MR) is 78.9 cm³/mol. The summed E-state index contributed by atoms with van der Waals surface area (Å²) in [5.41, 5.74) is 1.62. The zero-order chi connectivity index (χ0) is 12.6. The smallest absolute Gasteiger partial charge is 0.129 e. The molecule has 0 saturated heterocycles. The van der Waals surface area contributed by atoms with Crippen molar-refractivity contribution >= 4 is 54.8 Å². The Labute approximate surface area is 125 Å². The maximum Gasteiger partial charge on any atom is 0.129 e. The third-order valence-corrected chi connectivity index (χ3v) is 5.94. The number of thiophene rings is 1. The van der Waals surface area contributed by atoms with Gasteiger partial charge in [-0.15, -0.1) is 11.3 Å². The van der Waals surface area contributed by atoms with Crippen molar-refractivity contribution in [1.29, 1.82) is 0 Å². The number of rotatable bonds is 2. The van der Waals surface area contributed by atoms with E-state index in [1.807, 2.05) is 19.1 Å². The molecule has 0 radical (unpaired) electrons. The molecule has 0 spiro atoms. The van der Waals surface area contributed by atoms with Crippen LogP contribution in [0.15, 0.2) is 28.7 Å². The number of hydrogen-bond acceptors (Lipinski definition) is 1. The van der Waals surface area contributed by atoms with Crippen molar-refractivity contribution in [3.05, 3.63) is 54.9 Å². The molecule has 5 heteroatoms. The van der Waals surface area contributed by atoms with E-state index < -0.39 is 0 Å². The minimum absolute atomic E-state index is 0.186. The van der Waals surface area contributed by atoms with Gasteiger partial charge in [-0.1, -0.05) is 49.5 Å². The lowest BCUT2D eigenvalue weighted by molar-refractivity contribution is 0.612. The molecule has 1 aromatic carbocycles. The first-order valence-corrected chi connectivity index (χ1v) is 7.75. The van der Waals surface area contributed by atoms with E-state index in [2.05, 4.69) is 31.9 Å². The van der Waals surface area contributed by atoms with Gasteiger partial charge in [-0.25, -0.2) is 4.39 Å². The molecule has 90 valence electrons. The molecule has 1 heterocycles. The van der Waals surface area contributed by atoms with Crippen LogP contribution in [0.25, 0.3) is 0 Å². The predicted octanol–water partition coefficient (Wildman–Crippen LogP) is 6.10. The van der Waals surface area contributed by atoms with Crippen molar-refractivity contribution in [2.45, 2.75) is 11.8 Å². The Morgan fingerprint density at radius 3 is 2.65 bits per heavy atom. The van der Waals surface area contributed by atoms with Crippen LogP contribution in [-0.2, 0) is 0 Å². The van der Waals surface area contributed by atoms with Crippen LogP contribution in [0, 0.1) is 12.7 Å². The number of benzene rings is 1. The molecular weight excluding hydrogens is 390 g/mol. The van der Waals surface area contributed by atoms with Gasteiger partial charge in [0, 0.05) is 14.9 Å². The standard InChI is InChI=1S/C12H8Br2ClFS/c1-6-5-9(17-12(6)15)11(14)10-7(13)3-2-4-8(10)16/h2-5,11H,1H3. The van der Waals surface area contributed by atoms with E-state index in [-0.39, 0.29) is 10.6 Å². The third kappa shape index (κ3) is 2.75. The highest BCUT2D eigenvalue weighted by atomic mass is 79.9. The van der Waals surface area contributed by atoms with Gasteiger partial charge in [-0.05, 0) is 30.7 Å². The summed E-state index contributed by atoms with van der Waals surface area (Å²) in [5, 5.41) is 0. The maximum atomic E-state index is 13.8. The topological polar surface area (TPSA) is 0 Å². The molecule has 0 aliphatic rings. The molecule has 0 aliphatic heterocycles. The van der Waals surface area contributed by atoms with Gasteiger partial charge in [0.2, 0.25) is 0 Å². The van der Waals surface area contributed by atoms with Crippen LogP contribution in [0.2, 0.25) is 4.34 Å². The van der Waals surface area contributed by atoms with Gasteiger partial charge in [-0.2, -0.15) is 0 Å². The summed E-state index contributed by atoms with van der Waals surface area (Å²) in [6, 6.07) is 6.94. The quantitative estimate of drug-likeness (QED) is 0.537. The zero-order valence-electron chi connectivity index (χ0n) is 8.81. The molecule has 1 atom stereocenters. The summed E-state index contributed by atoms with van der Waals surface area (Å²) < 4.78 is 15.3. The largest absolute Gasteiger partial charge is 0.207 e. The Bertz CT molecular complexity index is 514. The first-order valence-electron chi connectivity index (χ1n) is 4.84. The summed E-state index contributed by atoms with van der Waals surface area (Å²) in [5.74, 6) is -0.233. The van der Waals surface area contributed by atoms with Gasteiger partial charge in [0.1, 0.15) is 5.82 Å². The molecule has 2 aromatic rings. The van der Waals surface area contributed by atoms with E-state index in [0.717, 1.165) is 19.2 Å². The number of alkyl halides is 1. The molecule has 0 nitrogen and oxygen atoms in total. The minimum atomic E-state index is -0.233. The lowest BCUT2D eigenvalue weighted by Crippen LogP contribution is -1.95. The molecule has 17 heavy (non-hydrogen) atoms. The van der Waals surface area contributed by atoms with Crippen LogP contribution < -0.4 is 0 Å². The molecule has 0 N–H and O–H groups in total. The number of halogens is 4. The molecule has 1 aromatic heterocycles. The van der Waals surface area contributed by atoms with Crippen molar-refractivity contribution in [3.63, 3.8) is 0 Å². The Morgan fingerprint density at radius 1 is 1.41 bits per heavy atom. The van der Waals surface area contributed by atoms with Crippen molar-refractivity contribution in [2.75, 3.05) is 0 Å². The van der Waals surface area contributed by atoms with E-state index in [0.29, 0.717) is 5.56 Å². The summed E-state index contributed by atoms with van der Waals surface area (Å²) in [6.07, 6.45) is 0. The second-order valence-corrected chi connectivity index (χ2v) is 7.06. The Hall–Kier alpha value is 0.1000. The summed E-state index contributed by atoms with van der Waals surface area (Å²) >= 11 is 14.4. The Morgan fingerprint density at radius 2 is 2.12 bits per heavy atom. The SMILES string of the molecule is Cc1cc(C(Br)c2c(F)cccc2Br)sc1Cl. The third-order valence-electron chi connectivity index (χ3n) is 2.38. The zero-order valence-corrected chi connectivity index (χ0v) is 13.6. The maximum absolute atomic E-state index is 13.8. The van der Waals surface area contributed by atoms with Crippen LogP contribution >= 0.6 is 54.8 Å². The van der Waals surface area contributed by atoms with Crippen molar-refractivity contribution in [3.8, 4) is 0 Å². The molecule has 2 rings (SSSR count). The lowest BCUT2D eigenvalue weighted by Gasteiger charge is -2.11. The Balaban J connectivity index is 2.47. The minimum Gasteiger partial charge on any atom is -0.207 e. The van der Waals surface area contributed by atoms with Crippen LogP contribution in [0.4, 0.5) is 4.39 Å². The molecule has 1 unspecified atom stereocenters. The molecular formula is C12H8Br2ClFS. The molecule has 0 bridgehead atoms. The number of hydrogen-bond donors (Lipinski definition) is 0. The molecule has 0 aliphatic carbocycles. The van der Waals surface area contributed by atoms with Crippen LogP contribution in [0.5, 0.6) is 0 Å². The average molecular weight is 399 g/mol. The van der Waals surface area contributed by atoms with E-state index in [1.54, 1.807) is 6.07 Å². The summed E-state index contributed by atoms with van der Waals surface area (Å²) in [4.78, 5) is 0.813. The second kappa shape index (κ2) is 5.39.